The Hall–Kier alpha value is -3.93. The van der Waals surface area contributed by atoms with Gasteiger partial charge < -0.3 is 9.84 Å². The molecule has 3 aromatic rings. The Labute approximate surface area is 210 Å². The number of amides is 1. The number of benzene rings is 3. The van der Waals surface area contributed by atoms with E-state index in [0.717, 1.165) is 11.1 Å². The van der Waals surface area contributed by atoms with Crippen LogP contribution in [0, 0.1) is 12.7 Å². The molecular weight excluding hydrogens is 457 g/mol. The van der Waals surface area contributed by atoms with Crippen molar-refractivity contribution >= 4 is 23.1 Å². The molecule has 36 heavy (non-hydrogen) atoms. The molecule has 0 aliphatic carbocycles. The van der Waals surface area contributed by atoms with Gasteiger partial charge in [0.1, 0.15) is 17.3 Å². The molecule has 0 spiro atoms. The number of hydrogen-bond donors (Lipinski definition) is 1. The predicted molar refractivity (Wildman–Crippen MR) is 139 cm³/mol. The molecule has 1 atom stereocenters. The third-order valence-electron chi connectivity index (χ3n) is 6.27. The van der Waals surface area contributed by atoms with Crippen molar-refractivity contribution in [3.63, 3.8) is 0 Å². The number of ether oxygens (including phenoxy) is 1. The molecule has 1 fully saturated rings. The van der Waals surface area contributed by atoms with Crippen molar-refractivity contribution < 1.29 is 23.8 Å². The first-order chi connectivity index (χ1) is 17.0. The number of rotatable bonds is 5. The lowest BCUT2D eigenvalue weighted by Crippen LogP contribution is -2.29. The van der Waals surface area contributed by atoms with Gasteiger partial charge in [-0.2, -0.15) is 0 Å². The first-order valence-electron chi connectivity index (χ1n) is 11.9. The van der Waals surface area contributed by atoms with Gasteiger partial charge in [-0.25, -0.2) is 4.39 Å². The number of ketones is 1. The van der Waals surface area contributed by atoms with E-state index in [-0.39, 0.29) is 16.7 Å². The average Bonchev–Trinajstić information content (AvgIpc) is 3.09. The molecule has 186 valence electrons. The van der Waals surface area contributed by atoms with Crippen LogP contribution in [0.15, 0.2) is 72.3 Å². The van der Waals surface area contributed by atoms with Gasteiger partial charge in [0.05, 0.1) is 18.2 Å². The van der Waals surface area contributed by atoms with Crippen LogP contribution in [0.25, 0.3) is 5.76 Å². The monoisotopic (exact) mass is 487 g/mol. The van der Waals surface area contributed by atoms with Crippen LogP contribution in [-0.4, -0.2) is 23.4 Å². The summed E-state index contributed by atoms with van der Waals surface area (Å²) in [5, 5.41) is 11.5. The SMILES string of the molecule is CCOc1ccc(/C(O)=C2/C(=O)C(=O)N(c3ccc(F)cc3)C2c2cccc(C)c2)cc1C(C)(C)C. The minimum atomic E-state index is -0.875. The summed E-state index contributed by atoms with van der Waals surface area (Å²) >= 11 is 0. The van der Waals surface area contributed by atoms with E-state index in [0.29, 0.717) is 29.2 Å². The summed E-state index contributed by atoms with van der Waals surface area (Å²) in [4.78, 5) is 28.0. The molecule has 1 aliphatic heterocycles. The van der Waals surface area contributed by atoms with Gasteiger partial charge in [-0.1, -0.05) is 50.6 Å². The zero-order chi connectivity index (χ0) is 26.2. The van der Waals surface area contributed by atoms with Crippen LogP contribution in [0.1, 0.15) is 56.0 Å². The molecule has 1 aliphatic rings. The predicted octanol–water partition coefficient (Wildman–Crippen LogP) is 6.46. The molecule has 0 radical (unpaired) electrons. The zero-order valence-electron chi connectivity index (χ0n) is 21.1. The molecule has 1 saturated heterocycles. The number of carbonyl (C=O) groups is 2. The number of hydrogen-bond acceptors (Lipinski definition) is 4. The molecule has 1 unspecified atom stereocenters. The Morgan fingerprint density at radius 3 is 2.33 bits per heavy atom. The standard InChI is InChI=1S/C30H30FNO4/c1-6-36-24-15-10-20(17-23(24)30(3,4)5)27(33)25-26(19-9-7-8-18(2)16-19)32(29(35)28(25)34)22-13-11-21(31)12-14-22/h7-17,26,33H,6H2,1-5H3/b27-25-. The van der Waals surface area contributed by atoms with Crippen molar-refractivity contribution in [1.29, 1.82) is 0 Å². The normalized spacial score (nSPS) is 17.5. The van der Waals surface area contributed by atoms with Gasteiger partial charge in [0.15, 0.2) is 0 Å². The molecule has 1 N–H and O–H groups in total. The number of Topliss-reactive ketones (excluding diaryl/α,β-unsaturated/α-hetero) is 1. The molecule has 0 saturated carbocycles. The first-order valence-corrected chi connectivity index (χ1v) is 11.9. The third kappa shape index (κ3) is 4.63. The molecule has 0 aromatic heterocycles. The van der Waals surface area contributed by atoms with Gasteiger partial charge in [0.2, 0.25) is 0 Å². The Morgan fingerprint density at radius 1 is 1.03 bits per heavy atom. The Balaban J connectivity index is 1.95. The number of aliphatic hydroxyl groups is 1. The van der Waals surface area contributed by atoms with E-state index in [1.165, 1.54) is 29.2 Å². The quantitative estimate of drug-likeness (QED) is 0.255. The van der Waals surface area contributed by atoms with Crippen LogP contribution in [0.3, 0.4) is 0 Å². The molecule has 3 aromatic carbocycles. The van der Waals surface area contributed by atoms with E-state index in [4.69, 9.17) is 4.74 Å². The van der Waals surface area contributed by atoms with Crippen molar-refractivity contribution in [2.75, 3.05) is 11.5 Å². The van der Waals surface area contributed by atoms with E-state index in [1.807, 2.05) is 58.9 Å². The Morgan fingerprint density at radius 2 is 1.72 bits per heavy atom. The van der Waals surface area contributed by atoms with Gasteiger partial charge in [-0.3, -0.25) is 14.5 Å². The number of carbonyl (C=O) groups excluding carboxylic acids is 2. The van der Waals surface area contributed by atoms with Crippen LogP contribution in [0.5, 0.6) is 5.75 Å². The van der Waals surface area contributed by atoms with E-state index in [2.05, 4.69) is 0 Å². The number of anilines is 1. The highest BCUT2D eigenvalue weighted by atomic mass is 19.1. The summed E-state index contributed by atoms with van der Waals surface area (Å²) in [6, 6.07) is 17.2. The van der Waals surface area contributed by atoms with Crippen molar-refractivity contribution in [3.8, 4) is 5.75 Å². The second-order valence-corrected chi connectivity index (χ2v) is 9.95. The summed E-state index contributed by atoms with van der Waals surface area (Å²) in [6.07, 6.45) is 0. The second kappa shape index (κ2) is 9.61. The molecule has 6 heteroatoms. The van der Waals surface area contributed by atoms with Crippen molar-refractivity contribution in [1.82, 2.24) is 0 Å². The molecule has 5 nitrogen and oxygen atoms in total. The van der Waals surface area contributed by atoms with Gasteiger partial charge >= 0.3 is 0 Å². The summed E-state index contributed by atoms with van der Waals surface area (Å²) < 4.78 is 19.4. The van der Waals surface area contributed by atoms with Gasteiger partial charge in [-0.05, 0) is 67.3 Å². The van der Waals surface area contributed by atoms with E-state index >= 15 is 0 Å². The second-order valence-electron chi connectivity index (χ2n) is 9.95. The molecule has 1 heterocycles. The van der Waals surface area contributed by atoms with Crippen LogP contribution in [0.2, 0.25) is 0 Å². The number of aliphatic hydroxyl groups excluding tert-OH is 1. The van der Waals surface area contributed by atoms with Crippen molar-refractivity contribution in [2.24, 2.45) is 0 Å². The Kier molecular flexibility index (Phi) is 6.72. The maximum absolute atomic E-state index is 13.6. The molecule has 1 amide bonds. The van der Waals surface area contributed by atoms with Crippen molar-refractivity contribution in [2.45, 2.75) is 46.1 Å². The number of aryl methyl sites for hydroxylation is 1. The van der Waals surface area contributed by atoms with Crippen LogP contribution >= 0.6 is 0 Å². The van der Waals surface area contributed by atoms with Crippen LogP contribution in [-0.2, 0) is 15.0 Å². The molecular formula is C30H30FNO4. The van der Waals surface area contributed by atoms with Crippen molar-refractivity contribution in [3.05, 3.63) is 100 Å². The smallest absolute Gasteiger partial charge is 0.300 e. The summed E-state index contributed by atoms with van der Waals surface area (Å²) in [7, 11) is 0. The minimum absolute atomic E-state index is 0.0149. The minimum Gasteiger partial charge on any atom is -0.507 e. The fourth-order valence-electron chi connectivity index (χ4n) is 4.56. The van der Waals surface area contributed by atoms with Crippen LogP contribution < -0.4 is 9.64 Å². The van der Waals surface area contributed by atoms with E-state index in [9.17, 15) is 19.1 Å². The lowest BCUT2D eigenvalue weighted by Gasteiger charge is -2.26. The highest BCUT2D eigenvalue weighted by Crippen LogP contribution is 2.43. The van der Waals surface area contributed by atoms with Crippen LogP contribution in [0.4, 0.5) is 10.1 Å². The number of halogens is 1. The maximum Gasteiger partial charge on any atom is 0.300 e. The maximum atomic E-state index is 13.6. The Bertz CT molecular complexity index is 1350. The fourth-order valence-corrected chi connectivity index (χ4v) is 4.56. The lowest BCUT2D eigenvalue weighted by atomic mass is 9.84. The fraction of sp³-hybridized carbons (Fsp3) is 0.267. The molecule has 4 rings (SSSR count). The number of nitrogens with zero attached hydrogens (tertiary/aromatic N) is 1. The lowest BCUT2D eigenvalue weighted by molar-refractivity contribution is -0.132. The topological polar surface area (TPSA) is 66.8 Å². The van der Waals surface area contributed by atoms with Gasteiger partial charge in [0.25, 0.3) is 11.7 Å². The summed E-state index contributed by atoms with van der Waals surface area (Å²) in [5.41, 5.74) is 2.95. The highest BCUT2D eigenvalue weighted by Gasteiger charge is 2.47. The highest BCUT2D eigenvalue weighted by molar-refractivity contribution is 6.51. The van der Waals surface area contributed by atoms with Gasteiger partial charge in [0, 0.05) is 16.8 Å². The summed E-state index contributed by atoms with van der Waals surface area (Å²) in [5.74, 6) is -1.60. The average molecular weight is 488 g/mol. The van der Waals surface area contributed by atoms with E-state index < -0.39 is 23.5 Å². The van der Waals surface area contributed by atoms with Gasteiger partial charge in [-0.15, -0.1) is 0 Å². The van der Waals surface area contributed by atoms with E-state index in [1.54, 1.807) is 18.2 Å². The zero-order valence-corrected chi connectivity index (χ0v) is 21.1. The third-order valence-corrected chi connectivity index (χ3v) is 6.27. The first kappa shape index (κ1) is 25.2. The largest absolute Gasteiger partial charge is 0.507 e. The molecule has 0 bridgehead atoms. The summed E-state index contributed by atoms with van der Waals surface area (Å²) in [6.45, 7) is 10.4.